The number of benzene rings is 9. The predicted octanol–water partition coefficient (Wildman–Crippen LogP) is 15.2. The van der Waals surface area contributed by atoms with Gasteiger partial charge in [0, 0.05) is 5.41 Å². The zero-order valence-corrected chi connectivity index (χ0v) is 31.6. The topological polar surface area (TPSA) is 0 Å². The van der Waals surface area contributed by atoms with Gasteiger partial charge in [-0.05, 0) is 158 Å². The van der Waals surface area contributed by atoms with Gasteiger partial charge >= 0.3 is 0 Å². The molecule has 0 N–H and O–H groups in total. The minimum absolute atomic E-state index is 0.0805. The lowest BCUT2D eigenvalue weighted by Gasteiger charge is -2.26. The number of hydrogen-bond donors (Lipinski definition) is 0. The van der Waals surface area contributed by atoms with E-state index in [1.807, 2.05) is 0 Å². The molecule has 0 unspecified atom stereocenters. The van der Waals surface area contributed by atoms with Crippen LogP contribution in [0.2, 0.25) is 0 Å². The first-order valence-corrected chi connectivity index (χ1v) is 19.5. The Morgan fingerprint density at radius 2 is 1.11 bits per heavy atom. The molecule has 0 fully saturated rings. The lowest BCUT2D eigenvalue weighted by atomic mass is 9.77. The SMILES string of the molecule is CC(C)(C)Cc1c2c(c(-c3ccc4c(c3)C(C)(C)c3ccccc3-4)c3cc4ccc(-c5ccccc5)cc4cc13)-c1cccc3c1c-2cc1ccccc13. The van der Waals surface area contributed by atoms with Crippen molar-refractivity contribution in [2.24, 2.45) is 5.41 Å². The molecule has 0 amide bonds. The first-order chi connectivity index (χ1) is 26.2. The van der Waals surface area contributed by atoms with Crippen molar-refractivity contribution in [2.75, 3.05) is 0 Å². The van der Waals surface area contributed by atoms with E-state index < -0.39 is 0 Å². The molecular weight excluding hydrogens is 649 g/mol. The molecular formula is C54H42. The fourth-order valence-electron chi connectivity index (χ4n) is 10.1. The fraction of sp³-hybridized carbons (Fsp3) is 0.148. The molecule has 54 heavy (non-hydrogen) atoms. The molecule has 0 radical (unpaired) electrons. The maximum atomic E-state index is 2.54. The van der Waals surface area contributed by atoms with Gasteiger partial charge in [0.15, 0.2) is 0 Å². The molecule has 0 nitrogen and oxygen atoms in total. The predicted molar refractivity (Wildman–Crippen MR) is 232 cm³/mol. The second kappa shape index (κ2) is 11.0. The van der Waals surface area contributed by atoms with Gasteiger partial charge in [0.1, 0.15) is 0 Å². The standard InChI is InChI=1S/C54H42/c1-53(2,3)31-46-43-29-37-26-33(32-14-7-6-8-15-32)22-23-34(37)27-44(43)49(36-24-25-40-39-18-11-12-21-47(39)54(4,5)48(40)30-36)52-42-20-13-19-41-38-17-10-9-16-35(38)28-45(50(41)42)51(46)52/h6-30H,31H2,1-5H3. The van der Waals surface area contributed by atoms with Gasteiger partial charge in [-0.15, -0.1) is 0 Å². The molecule has 0 bridgehead atoms. The Morgan fingerprint density at radius 3 is 1.96 bits per heavy atom. The Labute approximate surface area is 317 Å². The highest BCUT2D eigenvalue weighted by Gasteiger charge is 2.37. The summed E-state index contributed by atoms with van der Waals surface area (Å²) in [4.78, 5) is 0. The average Bonchev–Trinajstić information content (AvgIpc) is 3.62. The van der Waals surface area contributed by atoms with Crippen LogP contribution in [0.3, 0.4) is 0 Å². The number of hydrogen-bond acceptors (Lipinski definition) is 0. The highest BCUT2D eigenvalue weighted by Crippen LogP contribution is 2.58. The van der Waals surface area contributed by atoms with Crippen LogP contribution in [-0.2, 0) is 11.8 Å². The zero-order chi connectivity index (χ0) is 36.5. The monoisotopic (exact) mass is 690 g/mol. The quantitative estimate of drug-likeness (QED) is 0.128. The molecule has 0 aliphatic heterocycles. The molecule has 9 aromatic rings. The molecule has 0 aromatic heterocycles. The van der Waals surface area contributed by atoms with Gasteiger partial charge in [-0.3, -0.25) is 0 Å². The van der Waals surface area contributed by atoms with Crippen molar-refractivity contribution < 1.29 is 0 Å². The van der Waals surface area contributed by atoms with E-state index in [4.69, 9.17) is 0 Å². The van der Waals surface area contributed by atoms with Crippen LogP contribution in [0.15, 0.2) is 152 Å². The van der Waals surface area contributed by atoms with E-state index in [1.54, 1.807) is 0 Å². The van der Waals surface area contributed by atoms with Gasteiger partial charge in [0.2, 0.25) is 0 Å². The van der Waals surface area contributed by atoms with E-state index >= 15 is 0 Å². The van der Waals surface area contributed by atoms with Gasteiger partial charge in [0.05, 0.1) is 0 Å². The molecule has 0 heterocycles. The smallest absolute Gasteiger partial charge is 0.0159 e. The van der Waals surface area contributed by atoms with Crippen molar-refractivity contribution in [1.82, 2.24) is 0 Å². The van der Waals surface area contributed by atoms with Gasteiger partial charge < -0.3 is 0 Å². The van der Waals surface area contributed by atoms with E-state index in [9.17, 15) is 0 Å². The Bertz CT molecular complexity index is 3060. The van der Waals surface area contributed by atoms with Crippen LogP contribution in [0.5, 0.6) is 0 Å². The Morgan fingerprint density at radius 1 is 0.407 bits per heavy atom. The summed E-state index contributed by atoms with van der Waals surface area (Å²) >= 11 is 0. The minimum Gasteiger partial charge on any atom is -0.0622 e. The van der Waals surface area contributed by atoms with Crippen LogP contribution in [0.4, 0.5) is 0 Å². The van der Waals surface area contributed by atoms with E-state index in [0.717, 1.165) is 6.42 Å². The maximum absolute atomic E-state index is 2.54. The van der Waals surface area contributed by atoms with Crippen molar-refractivity contribution in [3.05, 3.63) is 168 Å². The zero-order valence-electron chi connectivity index (χ0n) is 31.6. The third kappa shape index (κ3) is 4.44. The minimum atomic E-state index is -0.0890. The summed E-state index contributed by atoms with van der Waals surface area (Å²) in [6.07, 6.45) is 0.977. The van der Waals surface area contributed by atoms with E-state index in [2.05, 4.69) is 186 Å². The highest BCUT2D eigenvalue weighted by molar-refractivity contribution is 6.29. The van der Waals surface area contributed by atoms with Crippen molar-refractivity contribution in [1.29, 1.82) is 0 Å². The maximum Gasteiger partial charge on any atom is 0.0159 e. The first kappa shape index (κ1) is 31.5. The summed E-state index contributed by atoms with van der Waals surface area (Å²) in [5.41, 5.74) is 17.7. The summed E-state index contributed by atoms with van der Waals surface area (Å²) < 4.78 is 0. The molecule has 258 valence electrons. The van der Waals surface area contributed by atoms with Crippen LogP contribution >= 0.6 is 0 Å². The van der Waals surface area contributed by atoms with Gasteiger partial charge in [-0.2, -0.15) is 0 Å². The lowest BCUT2D eigenvalue weighted by Crippen LogP contribution is -2.15. The average molecular weight is 691 g/mol. The normalized spacial score (nSPS) is 13.9. The number of fused-ring (bicyclic) bond motifs is 10. The second-order valence-electron chi connectivity index (χ2n) is 17.5. The molecule has 0 spiro atoms. The molecule has 2 aliphatic carbocycles. The molecule has 2 aliphatic rings. The highest BCUT2D eigenvalue weighted by atomic mass is 14.4. The third-order valence-corrected chi connectivity index (χ3v) is 12.5. The molecule has 0 saturated carbocycles. The van der Waals surface area contributed by atoms with Crippen LogP contribution in [0.25, 0.3) is 98.7 Å². The van der Waals surface area contributed by atoms with Crippen molar-refractivity contribution in [3.63, 3.8) is 0 Å². The van der Waals surface area contributed by atoms with E-state index in [-0.39, 0.29) is 10.8 Å². The summed E-state index contributed by atoms with van der Waals surface area (Å²) in [6.45, 7) is 12.0. The summed E-state index contributed by atoms with van der Waals surface area (Å²) in [6, 6.07) is 57.7. The van der Waals surface area contributed by atoms with Gasteiger partial charge in [0.25, 0.3) is 0 Å². The van der Waals surface area contributed by atoms with E-state index in [0.29, 0.717) is 0 Å². The number of rotatable bonds is 3. The third-order valence-electron chi connectivity index (χ3n) is 12.5. The molecule has 0 saturated heterocycles. The van der Waals surface area contributed by atoms with Crippen molar-refractivity contribution in [2.45, 2.75) is 46.5 Å². The van der Waals surface area contributed by atoms with Gasteiger partial charge in [-0.25, -0.2) is 0 Å². The molecule has 11 rings (SSSR count). The summed E-state index contributed by atoms with van der Waals surface area (Å²) in [5, 5.41) is 10.6. The van der Waals surface area contributed by atoms with Crippen molar-refractivity contribution in [3.8, 4) is 55.6 Å². The second-order valence-corrected chi connectivity index (χ2v) is 17.5. The van der Waals surface area contributed by atoms with Crippen molar-refractivity contribution >= 4 is 43.1 Å². The first-order valence-electron chi connectivity index (χ1n) is 19.5. The molecule has 0 heteroatoms. The Balaban J connectivity index is 1.30. The molecule has 9 aromatic carbocycles. The van der Waals surface area contributed by atoms with Crippen LogP contribution < -0.4 is 0 Å². The van der Waals surface area contributed by atoms with Crippen LogP contribution in [0, 0.1) is 5.41 Å². The van der Waals surface area contributed by atoms with E-state index in [1.165, 1.54) is 115 Å². The largest absolute Gasteiger partial charge is 0.0622 e. The Kier molecular flexibility index (Phi) is 6.44. The summed E-state index contributed by atoms with van der Waals surface area (Å²) in [5.74, 6) is 0. The fourth-order valence-corrected chi connectivity index (χ4v) is 10.1. The summed E-state index contributed by atoms with van der Waals surface area (Å²) in [7, 11) is 0. The molecule has 0 atom stereocenters. The lowest BCUT2D eigenvalue weighted by molar-refractivity contribution is 0.413. The van der Waals surface area contributed by atoms with Gasteiger partial charge in [-0.1, -0.05) is 156 Å². The Hall–Kier alpha value is -5.98. The van der Waals surface area contributed by atoms with Crippen LogP contribution in [0.1, 0.15) is 51.3 Å². The van der Waals surface area contributed by atoms with Crippen LogP contribution in [-0.4, -0.2) is 0 Å².